The zero-order chi connectivity index (χ0) is 43.4. The first-order valence-corrected chi connectivity index (χ1v) is 21.5. The minimum absolute atomic E-state index is 0.133. The van der Waals surface area contributed by atoms with Crippen LogP contribution >= 0.6 is 0 Å². The number of cyclic esters (lactones) is 1. The minimum Gasteiger partial charge on any atom is -0.458 e. The van der Waals surface area contributed by atoms with E-state index < -0.39 is 83.4 Å². The van der Waals surface area contributed by atoms with Crippen LogP contribution in [0.4, 0.5) is 4.79 Å². The number of methoxy groups -OCH3 is 1. The van der Waals surface area contributed by atoms with Gasteiger partial charge in [0.25, 0.3) is 0 Å². The van der Waals surface area contributed by atoms with Crippen molar-refractivity contribution in [3.63, 3.8) is 0 Å². The summed E-state index contributed by atoms with van der Waals surface area (Å²) in [6.07, 6.45) is -1.71. The fourth-order valence-corrected chi connectivity index (χ4v) is 9.81. The summed E-state index contributed by atoms with van der Waals surface area (Å²) in [5.74, 6) is -4.87. The Morgan fingerprint density at radius 1 is 0.881 bits per heavy atom. The molecule has 5 rings (SSSR count). The molecule has 13 atom stereocenters. The molecule has 3 heterocycles. The summed E-state index contributed by atoms with van der Waals surface area (Å²) in [6, 6.07) is 17.7. The van der Waals surface area contributed by atoms with Crippen LogP contribution in [0.1, 0.15) is 93.1 Å². The fourth-order valence-electron chi connectivity index (χ4n) is 9.81. The van der Waals surface area contributed by atoms with Crippen molar-refractivity contribution in [1.29, 1.82) is 0 Å². The molecule has 3 aliphatic rings. The Balaban J connectivity index is 1.42. The van der Waals surface area contributed by atoms with E-state index in [0.717, 1.165) is 24.0 Å². The SMILES string of the molecule is CC[C@H]1OC(=O)[C@H](C)C(=O)[C@H](C)[C@@H](O[C@@H]2O[C@H](C)C[C@H](N(C)C)[C@H]2O)[C@](C)(OC)C[C@@H](C)C(=O)[C@H](C)[C@@H]2N(CCCCc3ccc(-c4ccccc4)cc3)C(=O)O[C@@]21C. The van der Waals surface area contributed by atoms with Gasteiger partial charge in [0.15, 0.2) is 17.7 Å². The van der Waals surface area contributed by atoms with Crippen LogP contribution in [0.25, 0.3) is 11.1 Å². The predicted molar refractivity (Wildman–Crippen MR) is 224 cm³/mol. The van der Waals surface area contributed by atoms with Crippen molar-refractivity contribution in [3.05, 3.63) is 60.2 Å². The lowest BCUT2D eigenvalue weighted by atomic mass is 9.73. The lowest BCUT2D eigenvalue weighted by molar-refractivity contribution is -0.295. The summed E-state index contributed by atoms with van der Waals surface area (Å²) in [5.41, 5.74) is 0.847. The molecule has 2 aromatic rings. The van der Waals surface area contributed by atoms with E-state index in [1.54, 1.807) is 25.7 Å². The molecule has 0 saturated carbocycles. The number of aryl methyl sites for hydroxylation is 1. The number of benzene rings is 2. The molecule has 1 amide bonds. The van der Waals surface area contributed by atoms with Gasteiger partial charge in [-0.05, 0) is 97.0 Å². The number of amides is 1. The van der Waals surface area contributed by atoms with Crippen LogP contribution in [0.2, 0.25) is 0 Å². The van der Waals surface area contributed by atoms with Gasteiger partial charge in [-0.15, -0.1) is 0 Å². The first-order valence-electron chi connectivity index (χ1n) is 21.5. The molecule has 0 unspecified atom stereocenters. The maximum absolute atomic E-state index is 14.7. The summed E-state index contributed by atoms with van der Waals surface area (Å²) < 4.78 is 31.3. The van der Waals surface area contributed by atoms with Gasteiger partial charge >= 0.3 is 12.1 Å². The number of rotatable bonds is 11. The average molecular weight is 821 g/mol. The molecular formula is C47H68N2O10. The highest BCUT2D eigenvalue weighted by molar-refractivity contribution is 6.00. The van der Waals surface area contributed by atoms with E-state index in [1.165, 1.54) is 19.6 Å². The summed E-state index contributed by atoms with van der Waals surface area (Å²) in [6.45, 7) is 14.4. The fraction of sp³-hybridized carbons (Fsp3) is 0.660. The molecule has 0 spiro atoms. The molecule has 59 heavy (non-hydrogen) atoms. The Bertz CT molecular complexity index is 1750. The normalized spacial score (nSPS) is 36.2. The molecule has 326 valence electrons. The smallest absolute Gasteiger partial charge is 0.410 e. The largest absolute Gasteiger partial charge is 0.458 e. The highest BCUT2D eigenvalue weighted by atomic mass is 16.7. The number of nitrogens with zero attached hydrogens (tertiary/aromatic N) is 2. The number of hydrogen-bond donors (Lipinski definition) is 1. The highest BCUT2D eigenvalue weighted by Crippen LogP contribution is 2.43. The number of aliphatic hydroxyl groups excluding tert-OH is 1. The van der Waals surface area contributed by atoms with Gasteiger partial charge in [0.2, 0.25) is 0 Å². The van der Waals surface area contributed by atoms with Gasteiger partial charge in [-0.3, -0.25) is 14.4 Å². The molecule has 12 heteroatoms. The first kappa shape index (κ1) is 46.4. The zero-order valence-electron chi connectivity index (χ0n) is 37.0. The maximum atomic E-state index is 14.7. The molecule has 3 fully saturated rings. The predicted octanol–water partition coefficient (Wildman–Crippen LogP) is 6.88. The molecular weight excluding hydrogens is 753 g/mol. The third-order valence-corrected chi connectivity index (χ3v) is 13.3. The van der Waals surface area contributed by atoms with E-state index >= 15 is 0 Å². The van der Waals surface area contributed by atoms with Gasteiger partial charge in [-0.2, -0.15) is 0 Å². The van der Waals surface area contributed by atoms with Gasteiger partial charge in [0.05, 0.1) is 23.9 Å². The lowest BCUT2D eigenvalue weighted by Gasteiger charge is -2.47. The summed E-state index contributed by atoms with van der Waals surface area (Å²) >= 11 is 0. The maximum Gasteiger partial charge on any atom is 0.410 e. The van der Waals surface area contributed by atoms with Crippen molar-refractivity contribution >= 4 is 23.6 Å². The van der Waals surface area contributed by atoms with Crippen molar-refractivity contribution < 1.29 is 48.0 Å². The Kier molecular flexibility index (Phi) is 15.2. The van der Waals surface area contributed by atoms with Gasteiger partial charge < -0.3 is 38.6 Å². The molecule has 0 aromatic heterocycles. The Labute approximate surface area is 351 Å². The summed E-state index contributed by atoms with van der Waals surface area (Å²) in [5, 5.41) is 11.5. The number of ketones is 2. The van der Waals surface area contributed by atoms with E-state index in [2.05, 4.69) is 36.4 Å². The van der Waals surface area contributed by atoms with Crippen LogP contribution in [-0.2, 0) is 44.5 Å². The number of fused-ring (bicyclic) bond motifs is 1. The van der Waals surface area contributed by atoms with Crippen molar-refractivity contribution in [2.24, 2.45) is 23.7 Å². The molecule has 12 nitrogen and oxygen atoms in total. The molecule has 2 aromatic carbocycles. The van der Waals surface area contributed by atoms with E-state index in [1.807, 2.05) is 64.9 Å². The third-order valence-electron chi connectivity index (χ3n) is 13.3. The number of Topliss-reactive ketones (excluding diaryl/α,β-unsaturated/α-hetero) is 2. The van der Waals surface area contributed by atoms with E-state index in [0.29, 0.717) is 19.4 Å². The van der Waals surface area contributed by atoms with Crippen molar-refractivity contribution in [3.8, 4) is 11.1 Å². The molecule has 3 aliphatic heterocycles. The summed E-state index contributed by atoms with van der Waals surface area (Å²) in [4.78, 5) is 60.5. The van der Waals surface area contributed by atoms with Crippen molar-refractivity contribution in [1.82, 2.24) is 9.80 Å². The second-order valence-electron chi connectivity index (χ2n) is 17.9. The van der Waals surface area contributed by atoms with Crippen molar-refractivity contribution in [2.75, 3.05) is 27.7 Å². The van der Waals surface area contributed by atoms with Crippen LogP contribution in [-0.4, -0.2) is 120 Å². The second kappa shape index (κ2) is 19.4. The number of carbonyl (C=O) groups excluding carboxylic acids is 4. The van der Waals surface area contributed by atoms with Gasteiger partial charge in [-0.1, -0.05) is 82.3 Å². The van der Waals surface area contributed by atoms with Crippen LogP contribution in [0.5, 0.6) is 0 Å². The van der Waals surface area contributed by atoms with Gasteiger partial charge in [0, 0.05) is 37.5 Å². The zero-order valence-corrected chi connectivity index (χ0v) is 37.0. The van der Waals surface area contributed by atoms with E-state index in [9.17, 15) is 24.3 Å². The Morgan fingerprint density at radius 3 is 2.14 bits per heavy atom. The standard InChI is InChI=1S/C47H68N2O10/c1-12-37-47(8)41(49(45(54)59-47)25-17-16-18-33-21-23-35(24-22-33)34-19-14-13-15-20-34)30(4)38(50)28(2)27-46(7,55-11)42(31(5)39(51)32(6)43(53)57-37)58-44-40(52)36(48(9)10)26-29(3)56-44/h13-15,19-24,28-32,36-37,40-42,44,52H,12,16-18,25-27H2,1-11H3/t28-,29-,30+,31+,32-,36+,37-,40-,41+,42-,44+,46-,47-/m1/s1. The highest BCUT2D eigenvalue weighted by Gasteiger charge is 2.60. The number of hydrogen-bond acceptors (Lipinski definition) is 11. The molecule has 0 aliphatic carbocycles. The molecule has 1 N–H and O–H groups in total. The number of esters is 1. The molecule has 0 bridgehead atoms. The number of likely N-dealkylation sites (N-methyl/N-ethyl adjacent to an activating group) is 1. The van der Waals surface area contributed by atoms with Crippen LogP contribution in [0.15, 0.2) is 54.6 Å². The van der Waals surface area contributed by atoms with Gasteiger partial charge in [-0.25, -0.2) is 4.79 Å². The van der Waals surface area contributed by atoms with Crippen LogP contribution in [0, 0.1) is 23.7 Å². The van der Waals surface area contributed by atoms with Gasteiger partial charge in [0.1, 0.15) is 23.9 Å². The van der Waals surface area contributed by atoms with E-state index in [-0.39, 0.29) is 30.8 Å². The van der Waals surface area contributed by atoms with Crippen molar-refractivity contribution in [2.45, 2.75) is 148 Å². The number of ether oxygens (including phenoxy) is 5. The molecule has 3 saturated heterocycles. The number of aliphatic hydroxyl groups is 1. The average Bonchev–Trinajstić information content (AvgIpc) is 3.48. The van der Waals surface area contributed by atoms with E-state index in [4.69, 9.17) is 23.7 Å². The summed E-state index contributed by atoms with van der Waals surface area (Å²) in [7, 11) is 5.26. The number of unbranched alkanes of at least 4 members (excludes halogenated alkanes) is 1. The monoisotopic (exact) mass is 820 g/mol. The van der Waals surface area contributed by atoms with Crippen LogP contribution in [0.3, 0.4) is 0 Å². The second-order valence-corrected chi connectivity index (χ2v) is 17.9. The third kappa shape index (κ3) is 9.94. The Hall–Kier alpha value is -3.68. The quantitative estimate of drug-likeness (QED) is 0.144. The minimum atomic E-state index is -1.38. The Morgan fingerprint density at radius 2 is 1.53 bits per heavy atom. The lowest BCUT2D eigenvalue weighted by Crippen LogP contribution is -2.60. The topological polar surface area (TPSA) is 141 Å². The number of carbonyl (C=O) groups is 4. The molecule has 0 radical (unpaired) electrons. The van der Waals surface area contributed by atoms with Crippen LogP contribution < -0.4 is 0 Å². The first-order chi connectivity index (χ1) is 27.9.